The molecule has 1 aliphatic heterocycles. The average Bonchev–Trinajstić information content (AvgIpc) is 3.23. The third kappa shape index (κ3) is 6.73. The van der Waals surface area contributed by atoms with Crippen LogP contribution in [0.5, 0.6) is 17.2 Å². The van der Waals surface area contributed by atoms with Crippen molar-refractivity contribution in [3.63, 3.8) is 0 Å². The molecule has 194 valence electrons. The second kappa shape index (κ2) is 12.0. The number of benzene rings is 4. The summed E-state index contributed by atoms with van der Waals surface area (Å²) in [7, 11) is 0. The quantitative estimate of drug-likeness (QED) is 0.184. The summed E-state index contributed by atoms with van der Waals surface area (Å²) in [6.45, 7) is 1.88. The molecule has 1 heterocycles. The Labute approximate surface area is 236 Å². The molecule has 5 rings (SSSR count). The van der Waals surface area contributed by atoms with E-state index in [1.54, 1.807) is 18.2 Å². The first-order valence-electron chi connectivity index (χ1n) is 12.1. The Bertz CT molecular complexity index is 1520. The van der Waals surface area contributed by atoms with Crippen molar-refractivity contribution in [2.24, 2.45) is 0 Å². The minimum Gasteiger partial charge on any atom is -0.484 e. The number of thioether (sulfide) groups is 1. The van der Waals surface area contributed by atoms with Crippen LogP contribution in [0.25, 0.3) is 6.08 Å². The molecule has 0 bridgehead atoms. The summed E-state index contributed by atoms with van der Waals surface area (Å²) in [6, 6.07) is 31.5. The van der Waals surface area contributed by atoms with Gasteiger partial charge in [0.1, 0.15) is 17.2 Å². The smallest absolute Gasteiger partial charge is 0.270 e. The Kier molecular flexibility index (Phi) is 8.05. The van der Waals surface area contributed by atoms with Crippen LogP contribution in [0, 0.1) is 6.92 Å². The highest BCUT2D eigenvalue weighted by Crippen LogP contribution is 2.37. The molecule has 0 aromatic heterocycles. The Hall–Kier alpha value is -4.40. The molecule has 1 N–H and O–H groups in total. The van der Waals surface area contributed by atoms with Crippen LogP contribution in [-0.2, 0) is 9.59 Å². The zero-order valence-electron chi connectivity index (χ0n) is 21.0. The van der Waals surface area contributed by atoms with Crippen molar-refractivity contribution in [2.45, 2.75) is 6.92 Å². The van der Waals surface area contributed by atoms with Gasteiger partial charge in [-0.1, -0.05) is 72.0 Å². The zero-order chi connectivity index (χ0) is 27.2. The molecule has 8 heteroatoms. The van der Waals surface area contributed by atoms with Crippen molar-refractivity contribution in [1.82, 2.24) is 0 Å². The number of para-hydroxylation sites is 1. The molecule has 0 spiro atoms. The third-order valence-corrected chi connectivity index (χ3v) is 7.05. The molecule has 4 aromatic carbocycles. The van der Waals surface area contributed by atoms with E-state index in [2.05, 4.69) is 5.32 Å². The van der Waals surface area contributed by atoms with Crippen LogP contribution in [0.15, 0.2) is 108 Å². The summed E-state index contributed by atoms with van der Waals surface area (Å²) >= 11 is 6.75. The van der Waals surface area contributed by atoms with Gasteiger partial charge in [-0.25, -0.2) is 0 Å². The number of ether oxygens (including phenoxy) is 2. The van der Waals surface area contributed by atoms with Crippen LogP contribution in [0.4, 0.5) is 11.4 Å². The summed E-state index contributed by atoms with van der Waals surface area (Å²) in [6.07, 6.45) is 1.79. The molecule has 39 heavy (non-hydrogen) atoms. The van der Waals surface area contributed by atoms with E-state index in [1.165, 1.54) is 16.7 Å². The first-order valence-corrected chi connectivity index (χ1v) is 13.4. The topological polar surface area (TPSA) is 67.9 Å². The van der Waals surface area contributed by atoms with E-state index >= 15 is 0 Å². The lowest BCUT2D eigenvalue weighted by atomic mass is 10.2. The molecule has 0 atom stereocenters. The number of carbonyl (C=O) groups is 2. The van der Waals surface area contributed by atoms with E-state index in [9.17, 15) is 9.59 Å². The van der Waals surface area contributed by atoms with Gasteiger partial charge in [0.2, 0.25) is 0 Å². The minimum atomic E-state index is -0.244. The Balaban J connectivity index is 1.18. The number of nitrogens with one attached hydrogen (secondary N) is 1. The third-order valence-electron chi connectivity index (χ3n) is 5.75. The predicted molar refractivity (Wildman–Crippen MR) is 160 cm³/mol. The van der Waals surface area contributed by atoms with E-state index < -0.39 is 0 Å². The summed E-state index contributed by atoms with van der Waals surface area (Å²) in [5, 5.41) is 2.80. The largest absolute Gasteiger partial charge is 0.484 e. The number of rotatable bonds is 8. The fourth-order valence-corrected chi connectivity index (χ4v) is 5.07. The van der Waals surface area contributed by atoms with Crippen LogP contribution < -0.4 is 19.7 Å². The van der Waals surface area contributed by atoms with Crippen molar-refractivity contribution in [2.75, 3.05) is 16.8 Å². The van der Waals surface area contributed by atoms with Gasteiger partial charge >= 0.3 is 0 Å². The van der Waals surface area contributed by atoms with Gasteiger partial charge in [0, 0.05) is 5.69 Å². The van der Waals surface area contributed by atoms with Crippen molar-refractivity contribution >= 4 is 57.6 Å². The normalized spacial score (nSPS) is 14.0. The number of hydrogen-bond acceptors (Lipinski definition) is 6. The van der Waals surface area contributed by atoms with E-state index in [1.807, 2.05) is 97.9 Å². The number of amides is 2. The van der Waals surface area contributed by atoms with Gasteiger partial charge in [0.15, 0.2) is 10.9 Å². The minimum absolute atomic E-state index is 0.110. The molecule has 4 aromatic rings. The lowest BCUT2D eigenvalue weighted by molar-refractivity contribution is -0.118. The lowest BCUT2D eigenvalue weighted by Crippen LogP contribution is -2.27. The summed E-state index contributed by atoms with van der Waals surface area (Å²) in [4.78, 5) is 27.4. The lowest BCUT2D eigenvalue weighted by Gasteiger charge is -2.15. The molecule has 1 saturated heterocycles. The molecule has 0 saturated carbocycles. The molecule has 0 aliphatic carbocycles. The van der Waals surface area contributed by atoms with E-state index in [0.717, 1.165) is 22.6 Å². The Morgan fingerprint density at radius 2 is 1.51 bits per heavy atom. The van der Waals surface area contributed by atoms with Gasteiger partial charge in [-0.05, 0) is 79.2 Å². The highest BCUT2D eigenvalue weighted by atomic mass is 32.2. The summed E-state index contributed by atoms with van der Waals surface area (Å²) in [5.41, 5.74) is 3.33. The molecular formula is C31H24N2O4S2. The molecule has 0 radical (unpaired) electrons. The summed E-state index contributed by atoms with van der Waals surface area (Å²) in [5.74, 6) is 1.53. The van der Waals surface area contributed by atoms with Gasteiger partial charge in [0.25, 0.3) is 11.8 Å². The van der Waals surface area contributed by atoms with Crippen LogP contribution in [0.3, 0.4) is 0 Å². The average molecular weight is 553 g/mol. The van der Waals surface area contributed by atoms with Gasteiger partial charge in [0.05, 0.1) is 10.6 Å². The molecular weight excluding hydrogens is 528 g/mol. The number of carbonyl (C=O) groups excluding carboxylic acids is 2. The number of aryl methyl sites for hydroxylation is 1. The second-order valence-corrected chi connectivity index (χ2v) is 10.4. The fraction of sp³-hybridized carbons (Fsp3) is 0.0645. The second-order valence-electron chi connectivity index (χ2n) is 8.70. The zero-order valence-corrected chi connectivity index (χ0v) is 22.6. The SMILES string of the molecule is Cc1ccc(NC(=O)COc2ccc(/C=C3\SC(=S)N(c4ccc(Oc5ccccc5)cc4)C3=O)cc2)cc1. The van der Waals surface area contributed by atoms with Gasteiger partial charge in [-0.2, -0.15) is 0 Å². The van der Waals surface area contributed by atoms with E-state index in [0.29, 0.717) is 26.4 Å². The van der Waals surface area contributed by atoms with Crippen molar-refractivity contribution < 1.29 is 19.1 Å². The van der Waals surface area contributed by atoms with Gasteiger partial charge in [-0.15, -0.1) is 0 Å². The number of thiocarbonyl (C=S) groups is 1. The molecule has 0 unspecified atom stereocenters. The summed E-state index contributed by atoms with van der Waals surface area (Å²) < 4.78 is 11.9. The number of anilines is 2. The predicted octanol–water partition coefficient (Wildman–Crippen LogP) is 7.21. The van der Waals surface area contributed by atoms with Crippen molar-refractivity contribution in [3.8, 4) is 17.2 Å². The molecule has 1 aliphatic rings. The number of nitrogens with zero attached hydrogens (tertiary/aromatic N) is 1. The number of hydrogen-bond donors (Lipinski definition) is 1. The van der Waals surface area contributed by atoms with E-state index in [-0.39, 0.29) is 18.4 Å². The monoisotopic (exact) mass is 552 g/mol. The van der Waals surface area contributed by atoms with Gasteiger partial charge < -0.3 is 14.8 Å². The standard InChI is InChI=1S/C31H24N2O4S2/c1-21-7-11-23(12-8-21)32-29(34)20-36-25-15-9-22(10-16-25)19-28-30(35)33(31(38)39-28)24-13-17-27(18-14-24)37-26-5-3-2-4-6-26/h2-19H,20H2,1H3,(H,32,34)/b28-19-. The highest BCUT2D eigenvalue weighted by molar-refractivity contribution is 8.27. The van der Waals surface area contributed by atoms with Crippen LogP contribution in [0.1, 0.15) is 11.1 Å². The molecule has 6 nitrogen and oxygen atoms in total. The van der Waals surface area contributed by atoms with Gasteiger partial charge in [-0.3, -0.25) is 14.5 Å². The highest BCUT2D eigenvalue weighted by Gasteiger charge is 2.33. The van der Waals surface area contributed by atoms with E-state index in [4.69, 9.17) is 21.7 Å². The molecule has 1 fully saturated rings. The van der Waals surface area contributed by atoms with Crippen LogP contribution in [0.2, 0.25) is 0 Å². The van der Waals surface area contributed by atoms with Crippen LogP contribution in [-0.4, -0.2) is 22.7 Å². The Morgan fingerprint density at radius 3 is 2.21 bits per heavy atom. The fourth-order valence-electron chi connectivity index (χ4n) is 3.77. The maximum atomic E-state index is 13.2. The first-order chi connectivity index (χ1) is 18.9. The Morgan fingerprint density at radius 1 is 0.872 bits per heavy atom. The first kappa shape index (κ1) is 26.2. The molecule has 2 amide bonds. The van der Waals surface area contributed by atoms with Crippen LogP contribution >= 0.6 is 24.0 Å². The maximum absolute atomic E-state index is 13.2. The van der Waals surface area contributed by atoms with Crippen molar-refractivity contribution in [1.29, 1.82) is 0 Å². The van der Waals surface area contributed by atoms with Crippen molar-refractivity contribution in [3.05, 3.63) is 119 Å². The maximum Gasteiger partial charge on any atom is 0.270 e.